The molecule has 0 fully saturated rings. The topological polar surface area (TPSA) is 12.0 Å². The summed E-state index contributed by atoms with van der Waals surface area (Å²) in [5.74, 6) is 0. The van der Waals surface area contributed by atoms with Gasteiger partial charge in [-0.3, -0.25) is 0 Å². The minimum absolute atomic E-state index is 0.567. The van der Waals surface area contributed by atoms with Crippen LogP contribution in [0.2, 0.25) is 0 Å². The summed E-state index contributed by atoms with van der Waals surface area (Å²) in [4.78, 5) is 0.567. The predicted octanol–water partition coefficient (Wildman–Crippen LogP) is 1.38. The van der Waals surface area contributed by atoms with Gasteiger partial charge in [0.1, 0.15) is 0 Å². The molecule has 0 spiro atoms. The summed E-state index contributed by atoms with van der Waals surface area (Å²) in [6.45, 7) is 4.26. The van der Waals surface area contributed by atoms with Gasteiger partial charge in [0.05, 0.1) is 0 Å². The van der Waals surface area contributed by atoms with E-state index in [2.05, 4.69) is 35.1 Å². The lowest BCUT2D eigenvalue weighted by Gasteiger charge is -2.10. The minimum Gasteiger partial charge on any atom is -0.316 e. The first-order valence-corrected chi connectivity index (χ1v) is 3.41. The molecule has 0 saturated carbocycles. The van der Waals surface area contributed by atoms with Crippen molar-refractivity contribution in [1.82, 2.24) is 5.32 Å². The Kier molecular flexibility index (Phi) is 3.66. The number of rotatable bonds is 2. The van der Waals surface area contributed by atoms with Gasteiger partial charge in [-0.15, -0.1) is 0 Å². The van der Waals surface area contributed by atoms with Gasteiger partial charge in [-0.2, -0.15) is 0 Å². The average molecular weight is 166 g/mol. The summed E-state index contributed by atoms with van der Waals surface area (Å²) in [5, 5.41) is 3.12. The van der Waals surface area contributed by atoms with E-state index in [1.165, 1.54) is 0 Å². The molecule has 1 nitrogen and oxygen atoms in total. The van der Waals surface area contributed by atoms with Crippen LogP contribution in [0.3, 0.4) is 0 Å². The second kappa shape index (κ2) is 3.44. The highest BCUT2D eigenvalue weighted by Crippen LogP contribution is 2.01. The van der Waals surface area contributed by atoms with Crippen LogP contribution < -0.4 is 5.32 Å². The van der Waals surface area contributed by atoms with Crippen molar-refractivity contribution >= 4 is 15.9 Å². The van der Waals surface area contributed by atoms with Crippen LogP contribution in [0.15, 0.2) is 0 Å². The van der Waals surface area contributed by atoms with Gasteiger partial charge in [0, 0.05) is 10.9 Å². The van der Waals surface area contributed by atoms with E-state index in [0.29, 0.717) is 10.9 Å². The van der Waals surface area contributed by atoms with Gasteiger partial charge in [-0.1, -0.05) is 22.9 Å². The number of hydrogen-bond acceptors (Lipinski definition) is 1. The van der Waals surface area contributed by atoms with Gasteiger partial charge >= 0.3 is 0 Å². The fraction of sp³-hybridized carbons (Fsp3) is 1.00. The molecule has 0 saturated heterocycles. The summed E-state index contributed by atoms with van der Waals surface area (Å²) in [7, 11) is 1.96. The molecular weight excluding hydrogens is 154 g/mol. The summed E-state index contributed by atoms with van der Waals surface area (Å²) in [6.07, 6.45) is 0. The Labute approximate surface area is 53.6 Å². The third-order valence-corrected chi connectivity index (χ3v) is 1.94. The molecule has 0 aromatic carbocycles. The van der Waals surface area contributed by atoms with E-state index in [1.54, 1.807) is 0 Å². The van der Waals surface area contributed by atoms with E-state index < -0.39 is 0 Å². The maximum Gasteiger partial charge on any atom is 0.0268 e. The highest BCUT2D eigenvalue weighted by Gasteiger charge is 2.02. The first kappa shape index (κ1) is 7.44. The van der Waals surface area contributed by atoms with Crippen LogP contribution in [-0.2, 0) is 0 Å². The molecule has 0 aromatic heterocycles. The Morgan fingerprint density at radius 2 is 1.86 bits per heavy atom. The Hall–Kier alpha value is 0.440. The van der Waals surface area contributed by atoms with Crippen LogP contribution in [0.5, 0.6) is 0 Å². The lowest BCUT2D eigenvalue weighted by Crippen LogP contribution is -2.28. The molecule has 0 aliphatic heterocycles. The summed E-state index contributed by atoms with van der Waals surface area (Å²) < 4.78 is 0. The zero-order valence-electron chi connectivity index (χ0n) is 5.03. The molecule has 1 unspecified atom stereocenters. The van der Waals surface area contributed by atoms with Crippen LogP contribution in [0.4, 0.5) is 0 Å². The lowest BCUT2D eigenvalue weighted by atomic mass is 10.3. The normalized spacial score (nSPS) is 18.9. The minimum atomic E-state index is 0.567. The Balaban J connectivity index is 3.14. The second-order valence-electron chi connectivity index (χ2n) is 1.75. The third kappa shape index (κ3) is 3.06. The van der Waals surface area contributed by atoms with Crippen LogP contribution in [-0.4, -0.2) is 17.9 Å². The molecule has 0 aromatic rings. The monoisotopic (exact) mass is 165 g/mol. The highest BCUT2D eigenvalue weighted by molar-refractivity contribution is 9.09. The van der Waals surface area contributed by atoms with Crippen LogP contribution in [0, 0.1) is 0 Å². The van der Waals surface area contributed by atoms with Crippen molar-refractivity contribution in [2.24, 2.45) is 0 Å². The second-order valence-corrected chi connectivity index (χ2v) is 3.20. The molecule has 0 amide bonds. The standard InChI is InChI=1S/C5H12BrN/c1-4(6)5(2)7-3/h4-5,7H,1-3H3/t4?,5-/m1/s1. The molecule has 1 N–H and O–H groups in total. The number of hydrogen-bond donors (Lipinski definition) is 1. The summed E-state index contributed by atoms with van der Waals surface area (Å²) >= 11 is 3.44. The molecule has 2 heteroatoms. The third-order valence-electron chi connectivity index (χ3n) is 1.14. The van der Waals surface area contributed by atoms with Crippen molar-refractivity contribution in [2.75, 3.05) is 7.05 Å². The first-order chi connectivity index (χ1) is 3.18. The number of halogens is 1. The molecule has 2 atom stereocenters. The predicted molar refractivity (Wildman–Crippen MR) is 36.9 cm³/mol. The molecule has 7 heavy (non-hydrogen) atoms. The van der Waals surface area contributed by atoms with Crippen LogP contribution in [0.25, 0.3) is 0 Å². The number of nitrogens with one attached hydrogen (secondary N) is 1. The first-order valence-electron chi connectivity index (χ1n) is 2.49. The van der Waals surface area contributed by atoms with Crippen molar-refractivity contribution in [1.29, 1.82) is 0 Å². The molecule has 0 heterocycles. The maximum absolute atomic E-state index is 3.44. The molecule has 0 rings (SSSR count). The fourth-order valence-corrected chi connectivity index (χ4v) is 0.494. The van der Waals surface area contributed by atoms with E-state index in [4.69, 9.17) is 0 Å². The van der Waals surface area contributed by atoms with Crippen molar-refractivity contribution in [3.05, 3.63) is 0 Å². The fourth-order valence-electron chi connectivity index (χ4n) is 0.230. The van der Waals surface area contributed by atoms with E-state index in [0.717, 1.165) is 0 Å². The summed E-state index contributed by atoms with van der Waals surface area (Å²) in [5.41, 5.74) is 0. The van der Waals surface area contributed by atoms with E-state index in [-0.39, 0.29) is 0 Å². The molecule has 0 aliphatic rings. The Morgan fingerprint density at radius 3 is 1.86 bits per heavy atom. The van der Waals surface area contributed by atoms with Gasteiger partial charge < -0.3 is 5.32 Å². The highest BCUT2D eigenvalue weighted by atomic mass is 79.9. The quantitative estimate of drug-likeness (QED) is 0.611. The molecule has 44 valence electrons. The van der Waals surface area contributed by atoms with E-state index in [1.807, 2.05) is 7.05 Å². The van der Waals surface area contributed by atoms with Gasteiger partial charge in [-0.05, 0) is 14.0 Å². The molecular formula is C5H12BrN. The number of alkyl halides is 1. The van der Waals surface area contributed by atoms with Crippen molar-refractivity contribution < 1.29 is 0 Å². The zero-order chi connectivity index (χ0) is 5.86. The average Bonchev–Trinajstić information content (AvgIpc) is 1.65. The van der Waals surface area contributed by atoms with E-state index in [9.17, 15) is 0 Å². The largest absolute Gasteiger partial charge is 0.316 e. The molecule has 0 aliphatic carbocycles. The van der Waals surface area contributed by atoms with Crippen molar-refractivity contribution in [2.45, 2.75) is 24.7 Å². The SMILES string of the molecule is CN[C@H](C)C(C)Br. The zero-order valence-corrected chi connectivity index (χ0v) is 6.62. The lowest BCUT2D eigenvalue weighted by molar-refractivity contribution is 0.611. The van der Waals surface area contributed by atoms with Crippen LogP contribution >= 0.6 is 15.9 Å². The van der Waals surface area contributed by atoms with Crippen LogP contribution in [0.1, 0.15) is 13.8 Å². The van der Waals surface area contributed by atoms with Gasteiger partial charge in [0.25, 0.3) is 0 Å². The molecule has 0 radical (unpaired) electrons. The Bertz CT molecular complexity index is 45.3. The maximum atomic E-state index is 3.44. The summed E-state index contributed by atoms with van der Waals surface area (Å²) in [6, 6.07) is 0.569. The molecule has 0 bridgehead atoms. The van der Waals surface area contributed by atoms with Crippen molar-refractivity contribution in [3.63, 3.8) is 0 Å². The Morgan fingerprint density at radius 1 is 1.43 bits per heavy atom. The van der Waals surface area contributed by atoms with Gasteiger partial charge in [-0.25, -0.2) is 0 Å². The smallest absolute Gasteiger partial charge is 0.0268 e. The van der Waals surface area contributed by atoms with Crippen molar-refractivity contribution in [3.8, 4) is 0 Å². The van der Waals surface area contributed by atoms with Gasteiger partial charge in [0.2, 0.25) is 0 Å². The van der Waals surface area contributed by atoms with Gasteiger partial charge in [0.15, 0.2) is 0 Å². The van der Waals surface area contributed by atoms with E-state index >= 15 is 0 Å².